The van der Waals surface area contributed by atoms with Crippen molar-refractivity contribution in [2.75, 3.05) is 13.2 Å². The van der Waals surface area contributed by atoms with E-state index in [2.05, 4.69) is 10.6 Å². The Kier molecular flexibility index (Phi) is 11.2. The van der Waals surface area contributed by atoms with Crippen LogP contribution in [0.1, 0.15) is 84.9 Å². The third-order valence-electron chi connectivity index (χ3n) is 6.37. The fourth-order valence-corrected chi connectivity index (χ4v) is 4.40. The maximum atomic E-state index is 14.2. The molecule has 0 bridgehead atoms. The third kappa shape index (κ3) is 9.75. The predicted molar refractivity (Wildman–Crippen MR) is 147 cm³/mol. The number of alkyl carbamates (subject to hydrolysis) is 1. The summed E-state index contributed by atoms with van der Waals surface area (Å²) in [5.74, 6) is -0.986. The molecule has 39 heavy (non-hydrogen) atoms. The number of aryl methyl sites for hydroxylation is 1. The van der Waals surface area contributed by atoms with Crippen LogP contribution in [0, 0.1) is 18.8 Å². The molecule has 2 rings (SSSR count). The number of carbonyl (C=O) groups excluding carboxylic acids is 4. The molecule has 0 heterocycles. The van der Waals surface area contributed by atoms with Crippen molar-refractivity contribution in [3.8, 4) is 5.75 Å². The first-order chi connectivity index (χ1) is 18.1. The highest BCUT2D eigenvalue weighted by molar-refractivity contribution is 5.92. The van der Waals surface area contributed by atoms with Gasteiger partial charge in [-0.25, -0.2) is 4.79 Å². The van der Waals surface area contributed by atoms with Crippen LogP contribution in [-0.4, -0.2) is 64.7 Å². The first-order valence-electron chi connectivity index (χ1n) is 13.7. The molecule has 4 atom stereocenters. The van der Waals surface area contributed by atoms with Gasteiger partial charge in [0, 0.05) is 12.6 Å². The number of hydrogen-bond acceptors (Lipinski definition) is 7. The van der Waals surface area contributed by atoms with E-state index in [1.165, 1.54) is 6.07 Å². The Balaban J connectivity index is 2.46. The summed E-state index contributed by atoms with van der Waals surface area (Å²) in [6, 6.07) is 2.61. The number of aromatic hydroxyl groups is 1. The molecule has 0 saturated heterocycles. The van der Waals surface area contributed by atoms with Gasteiger partial charge in [-0.15, -0.1) is 0 Å². The number of phenolic OH excluding ortho intramolecular Hbond substituents is 1. The van der Waals surface area contributed by atoms with Gasteiger partial charge in [-0.05, 0) is 82.6 Å². The number of carbonyl (C=O) groups is 4. The van der Waals surface area contributed by atoms with Gasteiger partial charge in [-0.3, -0.25) is 14.4 Å². The molecule has 218 valence electrons. The lowest BCUT2D eigenvalue weighted by atomic mass is 9.97. The van der Waals surface area contributed by atoms with Crippen molar-refractivity contribution in [2.24, 2.45) is 11.8 Å². The van der Waals surface area contributed by atoms with E-state index in [0.29, 0.717) is 24.0 Å². The average Bonchev–Trinajstić information content (AvgIpc) is 3.52. The predicted octanol–water partition coefficient (Wildman–Crippen LogP) is 3.99. The fraction of sp³-hybridized carbons (Fsp3) is 0.655. The Morgan fingerprint density at radius 2 is 1.82 bits per heavy atom. The van der Waals surface area contributed by atoms with Crippen LogP contribution in [-0.2, 0) is 23.9 Å². The zero-order chi connectivity index (χ0) is 29.5. The molecule has 1 aliphatic rings. The monoisotopic (exact) mass is 547 g/mol. The van der Waals surface area contributed by atoms with Gasteiger partial charge >= 0.3 is 12.1 Å². The Hall–Kier alpha value is -3.30. The zero-order valence-corrected chi connectivity index (χ0v) is 24.5. The molecule has 10 heteroatoms. The number of nitrogens with zero attached hydrogens (tertiary/aromatic N) is 1. The van der Waals surface area contributed by atoms with E-state index in [1.807, 2.05) is 20.8 Å². The first kappa shape index (κ1) is 31.9. The molecule has 1 fully saturated rings. The highest BCUT2D eigenvalue weighted by atomic mass is 16.6. The standard InChI is InChI=1S/C29H45N3O7/c1-9-38-24(34)12-13-30-26(35)25(20-10-11-23(33)19(5)15-20)32(22-16-18(22)4)27(36)21(14-17(2)3)31-28(37)39-29(6,7)8/h10-11,15,17-18,21-22,25,33H,9,12-14,16H2,1-8H3,(H,30,35)(H,31,37). The molecule has 10 nitrogen and oxygen atoms in total. The van der Waals surface area contributed by atoms with Crippen molar-refractivity contribution in [3.05, 3.63) is 29.3 Å². The minimum absolute atomic E-state index is 0.00907. The Morgan fingerprint density at radius 3 is 2.33 bits per heavy atom. The normalized spacial score (nSPS) is 18.1. The largest absolute Gasteiger partial charge is 0.508 e. The van der Waals surface area contributed by atoms with E-state index in [4.69, 9.17) is 9.47 Å². The van der Waals surface area contributed by atoms with Gasteiger partial charge in [0.25, 0.3) is 0 Å². The molecule has 4 unspecified atom stereocenters. The summed E-state index contributed by atoms with van der Waals surface area (Å²) in [4.78, 5) is 54.0. The Bertz CT molecular complexity index is 1030. The van der Waals surface area contributed by atoms with Gasteiger partial charge in [0.05, 0.1) is 13.0 Å². The topological polar surface area (TPSA) is 134 Å². The summed E-state index contributed by atoms with van der Waals surface area (Å²) in [6.07, 6.45) is 0.337. The lowest BCUT2D eigenvalue weighted by Gasteiger charge is -2.35. The number of phenols is 1. The molecule has 0 radical (unpaired) electrons. The molecular weight excluding hydrogens is 502 g/mol. The Labute approximate surface area is 231 Å². The SMILES string of the molecule is CCOC(=O)CCNC(=O)C(c1ccc(O)c(C)c1)N(C(=O)C(CC(C)C)NC(=O)OC(C)(C)C)C1CC1C. The summed E-state index contributed by atoms with van der Waals surface area (Å²) < 4.78 is 10.4. The molecule has 0 aromatic heterocycles. The van der Waals surface area contributed by atoms with Crippen LogP contribution < -0.4 is 10.6 Å². The number of nitrogens with one attached hydrogen (secondary N) is 2. The second-order valence-corrected chi connectivity index (χ2v) is 11.6. The zero-order valence-electron chi connectivity index (χ0n) is 24.5. The molecule has 1 saturated carbocycles. The average molecular weight is 548 g/mol. The van der Waals surface area contributed by atoms with Crippen molar-refractivity contribution in [3.63, 3.8) is 0 Å². The molecule has 1 aromatic carbocycles. The lowest BCUT2D eigenvalue weighted by Crippen LogP contribution is -2.54. The summed E-state index contributed by atoms with van der Waals surface area (Å²) in [6.45, 7) is 14.8. The second-order valence-electron chi connectivity index (χ2n) is 11.6. The van der Waals surface area contributed by atoms with Crippen LogP contribution in [0.2, 0.25) is 0 Å². The van der Waals surface area contributed by atoms with Crippen molar-refractivity contribution >= 4 is 23.9 Å². The highest BCUT2D eigenvalue weighted by Gasteiger charge is 2.48. The molecule has 3 N–H and O–H groups in total. The van der Waals surface area contributed by atoms with Crippen molar-refractivity contribution in [2.45, 2.75) is 98.4 Å². The minimum atomic E-state index is -1.04. The highest BCUT2D eigenvalue weighted by Crippen LogP contribution is 2.41. The number of amides is 3. The second kappa shape index (κ2) is 13.7. The van der Waals surface area contributed by atoms with E-state index in [0.717, 1.165) is 0 Å². The molecule has 1 aliphatic carbocycles. The van der Waals surface area contributed by atoms with E-state index >= 15 is 0 Å². The van der Waals surface area contributed by atoms with E-state index in [1.54, 1.807) is 51.7 Å². The summed E-state index contributed by atoms with van der Waals surface area (Å²) in [7, 11) is 0. The van der Waals surface area contributed by atoms with Crippen molar-refractivity contribution in [1.29, 1.82) is 0 Å². The fourth-order valence-electron chi connectivity index (χ4n) is 4.40. The number of ether oxygens (including phenoxy) is 2. The minimum Gasteiger partial charge on any atom is -0.508 e. The number of esters is 1. The van der Waals surface area contributed by atoms with Crippen LogP contribution >= 0.6 is 0 Å². The van der Waals surface area contributed by atoms with E-state index in [-0.39, 0.29) is 49.1 Å². The summed E-state index contributed by atoms with van der Waals surface area (Å²) in [5.41, 5.74) is 0.330. The van der Waals surface area contributed by atoms with E-state index < -0.39 is 35.7 Å². The van der Waals surface area contributed by atoms with Crippen molar-refractivity contribution in [1.82, 2.24) is 15.5 Å². The van der Waals surface area contributed by atoms with Gasteiger partial charge in [-0.1, -0.05) is 26.8 Å². The lowest BCUT2D eigenvalue weighted by molar-refractivity contribution is -0.145. The van der Waals surface area contributed by atoms with Crippen molar-refractivity contribution < 1.29 is 33.8 Å². The first-order valence-corrected chi connectivity index (χ1v) is 13.7. The molecule has 0 spiro atoms. The van der Waals surface area contributed by atoms with Crippen LogP contribution in [0.25, 0.3) is 0 Å². The summed E-state index contributed by atoms with van der Waals surface area (Å²) >= 11 is 0. The number of hydrogen-bond donors (Lipinski definition) is 3. The Morgan fingerprint density at radius 1 is 1.18 bits per heavy atom. The van der Waals surface area contributed by atoms with Gasteiger partial charge < -0.3 is 30.1 Å². The van der Waals surface area contributed by atoms with E-state index in [9.17, 15) is 24.3 Å². The molecule has 3 amide bonds. The number of rotatable bonds is 12. The molecule has 0 aliphatic heterocycles. The molecule has 1 aromatic rings. The van der Waals surface area contributed by atoms with Gasteiger partial charge in [-0.2, -0.15) is 0 Å². The quantitative estimate of drug-likeness (QED) is 0.337. The van der Waals surface area contributed by atoms with Crippen LogP contribution in [0.4, 0.5) is 4.79 Å². The smallest absolute Gasteiger partial charge is 0.408 e. The maximum absolute atomic E-state index is 14.2. The van der Waals surface area contributed by atoms with Crippen LogP contribution in [0.15, 0.2) is 18.2 Å². The number of benzene rings is 1. The molecular formula is C29H45N3O7. The third-order valence-corrected chi connectivity index (χ3v) is 6.37. The van der Waals surface area contributed by atoms with Gasteiger partial charge in [0.1, 0.15) is 23.4 Å². The maximum Gasteiger partial charge on any atom is 0.408 e. The summed E-state index contributed by atoms with van der Waals surface area (Å²) in [5, 5.41) is 15.6. The van der Waals surface area contributed by atoms with Crippen LogP contribution in [0.5, 0.6) is 5.75 Å². The van der Waals surface area contributed by atoms with Gasteiger partial charge in [0.2, 0.25) is 11.8 Å². The van der Waals surface area contributed by atoms with Crippen LogP contribution in [0.3, 0.4) is 0 Å². The van der Waals surface area contributed by atoms with Gasteiger partial charge in [0.15, 0.2) is 0 Å².